The van der Waals surface area contributed by atoms with Crippen molar-refractivity contribution in [3.63, 3.8) is 0 Å². The molecule has 1 amide bonds. The number of nitrogens with two attached hydrogens (primary N) is 1. The first kappa shape index (κ1) is 28.3. The van der Waals surface area contributed by atoms with Gasteiger partial charge in [-0.15, -0.1) is 0 Å². The SMILES string of the molecule is CC(C)(C)NS(=O)(=O)c1ccccc1-c1ccc(NC(=O)C2(Nc3cccc(C(=N)N)c3)CCCCC2)cc1. The zero-order valence-electron chi connectivity index (χ0n) is 22.7. The minimum Gasteiger partial charge on any atom is -0.384 e. The van der Waals surface area contributed by atoms with Gasteiger partial charge < -0.3 is 16.4 Å². The number of amidine groups is 1. The molecule has 0 saturated heterocycles. The Morgan fingerprint density at radius 2 is 1.56 bits per heavy atom. The van der Waals surface area contributed by atoms with Gasteiger partial charge in [0.15, 0.2) is 0 Å². The van der Waals surface area contributed by atoms with E-state index >= 15 is 0 Å². The molecule has 1 fully saturated rings. The summed E-state index contributed by atoms with van der Waals surface area (Å²) in [5.41, 5.74) is 7.55. The number of carbonyl (C=O) groups excluding carboxylic acids is 1. The van der Waals surface area contributed by atoms with Gasteiger partial charge in [0.2, 0.25) is 15.9 Å². The number of rotatable bonds is 8. The molecule has 0 aromatic heterocycles. The predicted molar refractivity (Wildman–Crippen MR) is 157 cm³/mol. The summed E-state index contributed by atoms with van der Waals surface area (Å²) >= 11 is 0. The first-order valence-corrected chi connectivity index (χ1v) is 14.6. The Bertz CT molecular complexity index is 1450. The van der Waals surface area contributed by atoms with Crippen molar-refractivity contribution in [3.8, 4) is 11.1 Å². The van der Waals surface area contributed by atoms with E-state index in [-0.39, 0.29) is 16.6 Å². The molecule has 9 heteroatoms. The summed E-state index contributed by atoms with van der Waals surface area (Å²) in [6.07, 6.45) is 4.31. The fourth-order valence-corrected chi connectivity index (χ4v) is 6.64. The molecular formula is C30H37N5O3S. The highest BCUT2D eigenvalue weighted by atomic mass is 32.2. The van der Waals surface area contributed by atoms with Gasteiger partial charge in [-0.25, -0.2) is 13.1 Å². The Kier molecular flexibility index (Phi) is 8.13. The molecule has 1 aliphatic rings. The lowest BCUT2D eigenvalue weighted by atomic mass is 9.80. The second-order valence-corrected chi connectivity index (χ2v) is 12.8. The summed E-state index contributed by atoms with van der Waals surface area (Å²) in [4.78, 5) is 13.9. The van der Waals surface area contributed by atoms with Crippen LogP contribution in [0.15, 0.2) is 77.7 Å². The average Bonchev–Trinajstić information content (AvgIpc) is 2.88. The molecule has 0 aliphatic heterocycles. The van der Waals surface area contributed by atoms with Crippen LogP contribution in [0.3, 0.4) is 0 Å². The maximum atomic E-state index is 13.7. The fourth-order valence-electron chi connectivity index (χ4n) is 4.99. The molecule has 4 rings (SSSR count). The molecule has 0 radical (unpaired) electrons. The Balaban J connectivity index is 1.57. The molecule has 0 unspecified atom stereocenters. The zero-order chi connectivity index (χ0) is 28.3. The normalized spacial score (nSPS) is 15.4. The van der Waals surface area contributed by atoms with Crippen molar-refractivity contribution in [2.24, 2.45) is 5.73 Å². The van der Waals surface area contributed by atoms with Gasteiger partial charge in [0, 0.05) is 28.0 Å². The lowest BCUT2D eigenvalue weighted by molar-refractivity contribution is -0.121. The largest absolute Gasteiger partial charge is 0.384 e. The van der Waals surface area contributed by atoms with Gasteiger partial charge >= 0.3 is 0 Å². The van der Waals surface area contributed by atoms with Gasteiger partial charge in [-0.2, -0.15) is 0 Å². The lowest BCUT2D eigenvalue weighted by Crippen LogP contribution is -2.51. The van der Waals surface area contributed by atoms with Gasteiger partial charge in [-0.3, -0.25) is 10.2 Å². The van der Waals surface area contributed by atoms with Crippen LogP contribution in [0.1, 0.15) is 58.4 Å². The standard InChI is InChI=1S/C30H37N5O3S/c1-29(2,3)35-39(37,38)26-13-6-5-12-25(26)21-14-16-23(17-15-21)33-28(36)30(18-7-4-8-19-30)34-24-11-9-10-22(20-24)27(31)32/h5-6,9-17,20,34-35H,4,7-8,18-19H2,1-3H3,(H3,31,32)(H,33,36). The Morgan fingerprint density at radius 3 is 2.21 bits per heavy atom. The minimum absolute atomic E-state index is 0.0237. The van der Waals surface area contributed by atoms with Crippen LogP contribution < -0.4 is 21.1 Å². The van der Waals surface area contributed by atoms with Gasteiger partial charge in [-0.05, 0) is 69.5 Å². The number of benzene rings is 3. The molecule has 3 aromatic rings. The summed E-state index contributed by atoms with van der Waals surface area (Å²) in [6.45, 7) is 5.41. The first-order valence-electron chi connectivity index (χ1n) is 13.2. The van der Waals surface area contributed by atoms with E-state index in [1.807, 2.05) is 24.3 Å². The van der Waals surface area contributed by atoms with E-state index in [2.05, 4.69) is 15.4 Å². The number of hydrogen-bond donors (Lipinski definition) is 5. The van der Waals surface area contributed by atoms with Crippen LogP contribution in [-0.2, 0) is 14.8 Å². The third-order valence-electron chi connectivity index (χ3n) is 6.77. The van der Waals surface area contributed by atoms with Gasteiger partial charge in [0.25, 0.3) is 0 Å². The van der Waals surface area contributed by atoms with Crippen LogP contribution in [0.25, 0.3) is 11.1 Å². The topological polar surface area (TPSA) is 137 Å². The Morgan fingerprint density at radius 1 is 0.897 bits per heavy atom. The number of sulfonamides is 1. The Labute approximate surface area is 231 Å². The third-order valence-corrected chi connectivity index (χ3v) is 8.59. The van der Waals surface area contributed by atoms with Crippen LogP contribution in [-0.4, -0.2) is 31.2 Å². The van der Waals surface area contributed by atoms with Crippen LogP contribution >= 0.6 is 0 Å². The van der Waals surface area contributed by atoms with E-state index in [9.17, 15) is 13.2 Å². The maximum Gasteiger partial charge on any atom is 0.250 e. The molecule has 6 N–H and O–H groups in total. The van der Waals surface area contributed by atoms with E-state index in [1.165, 1.54) is 0 Å². The lowest BCUT2D eigenvalue weighted by Gasteiger charge is -2.37. The quantitative estimate of drug-likeness (QED) is 0.188. The van der Waals surface area contributed by atoms with Crippen molar-refractivity contribution in [2.45, 2.75) is 68.8 Å². The molecular weight excluding hydrogens is 510 g/mol. The smallest absolute Gasteiger partial charge is 0.250 e. The summed E-state index contributed by atoms with van der Waals surface area (Å²) in [6, 6.07) is 21.4. The molecule has 206 valence electrons. The molecule has 3 aromatic carbocycles. The molecule has 0 heterocycles. The molecule has 0 bridgehead atoms. The number of anilines is 2. The summed E-state index contributed by atoms with van der Waals surface area (Å²) in [5.74, 6) is -0.148. The molecule has 39 heavy (non-hydrogen) atoms. The van der Waals surface area contributed by atoms with Crippen LogP contribution in [0.5, 0.6) is 0 Å². The predicted octanol–water partition coefficient (Wildman–Crippen LogP) is 5.47. The number of carbonyl (C=O) groups is 1. The Hall–Kier alpha value is -3.69. The molecule has 0 spiro atoms. The number of amides is 1. The van der Waals surface area contributed by atoms with Crippen molar-refractivity contribution in [1.82, 2.24) is 4.72 Å². The summed E-state index contributed by atoms with van der Waals surface area (Å²) in [5, 5.41) is 14.2. The molecule has 1 saturated carbocycles. The van der Waals surface area contributed by atoms with Crippen molar-refractivity contribution in [1.29, 1.82) is 5.41 Å². The minimum atomic E-state index is -3.74. The van der Waals surface area contributed by atoms with Crippen LogP contribution in [0.2, 0.25) is 0 Å². The number of hydrogen-bond acceptors (Lipinski definition) is 5. The van der Waals surface area contributed by atoms with Gasteiger partial charge in [-0.1, -0.05) is 61.7 Å². The number of nitrogens with one attached hydrogen (secondary N) is 4. The molecule has 0 atom stereocenters. The van der Waals surface area contributed by atoms with Crippen molar-refractivity contribution >= 4 is 33.1 Å². The highest BCUT2D eigenvalue weighted by molar-refractivity contribution is 7.89. The molecule has 1 aliphatic carbocycles. The zero-order valence-corrected chi connectivity index (χ0v) is 23.5. The number of nitrogen functional groups attached to an aromatic ring is 1. The van der Waals surface area contributed by atoms with Crippen molar-refractivity contribution in [3.05, 3.63) is 78.4 Å². The van der Waals surface area contributed by atoms with E-state index in [1.54, 1.807) is 69.3 Å². The van der Waals surface area contributed by atoms with Crippen LogP contribution in [0, 0.1) is 5.41 Å². The average molecular weight is 548 g/mol. The highest BCUT2D eigenvalue weighted by Gasteiger charge is 2.39. The monoisotopic (exact) mass is 547 g/mol. The first-order chi connectivity index (χ1) is 18.4. The van der Waals surface area contributed by atoms with E-state index < -0.39 is 21.1 Å². The highest BCUT2D eigenvalue weighted by Crippen LogP contribution is 2.34. The second-order valence-electron chi connectivity index (χ2n) is 11.1. The molecule has 8 nitrogen and oxygen atoms in total. The van der Waals surface area contributed by atoms with E-state index in [0.717, 1.165) is 30.5 Å². The van der Waals surface area contributed by atoms with Crippen molar-refractivity contribution < 1.29 is 13.2 Å². The van der Waals surface area contributed by atoms with E-state index in [0.29, 0.717) is 29.7 Å². The third kappa shape index (κ3) is 6.85. The summed E-state index contributed by atoms with van der Waals surface area (Å²) < 4.78 is 28.9. The van der Waals surface area contributed by atoms with Gasteiger partial charge in [0.1, 0.15) is 11.4 Å². The maximum absolute atomic E-state index is 13.7. The van der Waals surface area contributed by atoms with Crippen molar-refractivity contribution in [2.75, 3.05) is 10.6 Å². The van der Waals surface area contributed by atoms with Crippen LogP contribution in [0.4, 0.5) is 11.4 Å². The second kappa shape index (κ2) is 11.2. The summed E-state index contributed by atoms with van der Waals surface area (Å²) in [7, 11) is -3.74. The van der Waals surface area contributed by atoms with Gasteiger partial charge in [0.05, 0.1) is 4.90 Å². The van der Waals surface area contributed by atoms with E-state index in [4.69, 9.17) is 11.1 Å². The fraction of sp³-hybridized carbons (Fsp3) is 0.333.